The highest BCUT2D eigenvalue weighted by molar-refractivity contribution is 6.30. The predicted octanol–water partition coefficient (Wildman–Crippen LogP) is 2.78. The van der Waals surface area contributed by atoms with Gasteiger partial charge in [0.15, 0.2) is 11.6 Å². The molecule has 3 aromatic rings. The fraction of sp³-hybridized carbons (Fsp3) is 0.300. The van der Waals surface area contributed by atoms with Crippen molar-refractivity contribution in [3.63, 3.8) is 0 Å². The Morgan fingerprint density at radius 3 is 2.32 bits per heavy atom. The molecular formula is C20H21ClN6O. The Bertz CT molecular complexity index is 983. The second-order valence-electron chi connectivity index (χ2n) is 6.95. The van der Waals surface area contributed by atoms with E-state index in [1.54, 1.807) is 4.68 Å². The van der Waals surface area contributed by atoms with Crippen LogP contribution in [0.15, 0.2) is 42.5 Å². The van der Waals surface area contributed by atoms with Gasteiger partial charge in [-0.3, -0.25) is 4.79 Å². The number of hydrogen-bond acceptors (Lipinski definition) is 5. The molecule has 1 saturated heterocycles. The number of halogens is 1. The van der Waals surface area contributed by atoms with Crippen molar-refractivity contribution in [1.29, 1.82) is 0 Å². The largest absolute Gasteiger partial charge is 0.344 e. The molecule has 0 aliphatic carbocycles. The molecule has 0 radical (unpaired) electrons. The Labute approximate surface area is 168 Å². The van der Waals surface area contributed by atoms with E-state index in [1.165, 1.54) is 0 Å². The van der Waals surface area contributed by atoms with Crippen molar-refractivity contribution in [3.05, 3.63) is 64.4 Å². The molecule has 144 valence electrons. The molecule has 4 rings (SSSR count). The molecule has 2 aromatic heterocycles. The van der Waals surface area contributed by atoms with E-state index in [-0.39, 0.29) is 5.91 Å². The van der Waals surface area contributed by atoms with Gasteiger partial charge >= 0.3 is 0 Å². The van der Waals surface area contributed by atoms with Gasteiger partial charge in [-0.15, -0.1) is 10.2 Å². The summed E-state index contributed by atoms with van der Waals surface area (Å²) in [5.41, 5.74) is 3.01. The number of anilines is 1. The number of nitrogens with zero attached hydrogens (tertiary/aromatic N) is 6. The van der Waals surface area contributed by atoms with Crippen LogP contribution in [0.2, 0.25) is 5.02 Å². The van der Waals surface area contributed by atoms with E-state index in [9.17, 15) is 4.79 Å². The number of benzene rings is 1. The summed E-state index contributed by atoms with van der Waals surface area (Å²) in [6.45, 7) is 6.16. The molecule has 3 heterocycles. The van der Waals surface area contributed by atoms with Gasteiger partial charge in [0.2, 0.25) is 5.91 Å². The summed E-state index contributed by atoms with van der Waals surface area (Å²) in [4.78, 5) is 16.4. The summed E-state index contributed by atoms with van der Waals surface area (Å²) in [6, 6.07) is 13.4. The fourth-order valence-electron chi connectivity index (χ4n) is 3.34. The number of hydrogen-bond donors (Lipinski definition) is 0. The second-order valence-corrected chi connectivity index (χ2v) is 7.39. The minimum atomic E-state index is 0.0747. The van der Waals surface area contributed by atoms with E-state index >= 15 is 0 Å². The minimum Gasteiger partial charge on any atom is -0.344 e. The smallest absolute Gasteiger partial charge is 0.242 e. The molecule has 0 N–H and O–H groups in total. The lowest BCUT2D eigenvalue weighted by Gasteiger charge is -2.34. The number of aryl methyl sites for hydroxylation is 2. The highest BCUT2D eigenvalue weighted by Gasteiger charge is 2.25. The quantitative estimate of drug-likeness (QED) is 0.678. The molecule has 28 heavy (non-hydrogen) atoms. The molecule has 0 saturated carbocycles. The van der Waals surface area contributed by atoms with E-state index in [1.807, 2.05) is 66.1 Å². The third-order valence-electron chi connectivity index (χ3n) is 4.79. The van der Waals surface area contributed by atoms with Crippen LogP contribution in [0, 0.1) is 13.8 Å². The zero-order valence-electron chi connectivity index (χ0n) is 15.8. The average molecular weight is 397 g/mol. The molecule has 7 nitrogen and oxygen atoms in total. The first-order valence-electron chi connectivity index (χ1n) is 9.14. The van der Waals surface area contributed by atoms with Gasteiger partial charge < -0.3 is 9.80 Å². The lowest BCUT2D eigenvalue weighted by Crippen LogP contribution is -2.50. The molecular weight excluding hydrogens is 376 g/mol. The Morgan fingerprint density at radius 1 is 1.00 bits per heavy atom. The fourth-order valence-corrected chi connectivity index (χ4v) is 3.47. The molecule has 1 aliphatic rings. The van der Waals surface area contributed by atoms with Crippen LogP contribution >= 0.6 is 11.6 Å². The summed E-state index contributed by atoms with van der Waals surface area (Å²) in [6.07, 6.45) is 0. The van der Waals surface area contributed by atoms with Gasteiger partial charge in [0, 0.05) is 30.4 Å². The van der Waals surface area contributed by atoms with Crippen molar-refractivity contribution in [2.75, 3.05) is 24.5 Å². The number of piperazine rings is 1. The first-order chi connectivity index (χ1) is 13.5. The number of amides is 1. The van der Waals surface area contributed by atoms with Crippen LogP contribution in [-0.4, -0.2) is 50.4 Å². The van der Waals surface area contributed by atoms with E-state index in [4.69, 9.17) is 11.6 Å². The number of aromatic nitrogens is 4. The van der Waals surface area contributed by atoms with Crippen molar-refractivity contribution in [1.82, 2.24) is 24.9 Å². The summed E-state index contributed by atoms with van der Waals surface area (Å²) in [7, 11) is 0. The maximum absolute atomic E-state index is 12.6. The van der Waals surface area contributed by atoms with Gasteiger partial charge in [0.1, 0.15) is 0 Å². The van der Waals surface area contributed by atoms with Crippen LogP contribution in [0.5, 0.6) is 0 Å². The molecule has 1 aromatic carbocycles. The van der Waals surface area contributed by atoms with E-state index in [0.717, 1.165) is 17.0 Å². The summed E-state index contributed by atoms with van der Waals surface area (Å²) < 4.78 is 1.77. The Balaban J connectivity index is 1.42. The van der Waals surface area contributed by atoms with Crippen LogP contribution in [0.4, 0.5) is 5.82 Å². The standard InChI is InChI=1S/C20H21ClN6O/c1-14-11-15(2)27(24-14)19-8-7-18(22-23-19)25-9-10-26(20(28)13-25)12-16-3-5-17(21)6-4-16/h3-8,11H,9-10,12-13H2,1-2H3. The summed E-state index contributed by atoms with van der Waals surface area (Å²) in [5, 5.41) is 13.7. The van der Waals surface area contributed by atoms with Gasteiger partial charge in [-0.25, -0.2) is 4.68 Å². The van der Waals surface area contributed by atoms with Crippen molar-refractivity contribution in [2.24, 2.45) is 0 Å². The molecule has 0 spiro atoms. The van der Waals surface area contributed by atoms with Crippen LogP contribution in [0.25, 0.3) is 5.82 Å². The molecule has 8 heteroatoms. The third-order valence-corrected chi connectivity index (χ3v) is 5.04. The second kappa shape index (κ2) is 7.59. The number of carbonyl (C=O) groups is 1. The summed E-state index contributed by atoms with van der Waals surface area (Å²) >= 11 is 5.92. The van der Waals surface area contributed by atoms with Gasteiger partial charge in [-0.05, 0) is 49.7 Å². The van der Waals surface area contributed by atoms with Crippen molar-refractivity contribution in [2.45, 2.75) is 20.4 Å². The Morgan fingerprint density at radius 2 is 1.71 bits per heavy atom. The predicted molar refractivity (Wildman–Crippen MR) is 108 cm³/mol. The maximum atomic E-state index is 12.6. The van der Waals surface area contributed by atoms with E-state index in [2.05, 4.69) is 15.3 Å². The zero-order valence-corrected chi connectivity index (χ0v) is 16.6. The topological polar surface area (TPSA) is 67.2 Å². The lowest BCUT2D eigenvalue weighted by atomic mass is 10.2. The number of carbonyl (C=O) groups excluding carboxylic acids is 1. The molecule has 0 bridgehead atoms. The molecule has 0 atom stereocenters. The van der Waals surface area contributed by atoms with Crippen LogP contribution < -0.4 is 4.90 Å². The molecule has 1 fully saturated rings. The van der Waals surface area contributed by atoms with Gasteiger partial charge in [0.25, 0.3) is 0 Å². The van der Waals surface area contributed by atoms with Gasteiger partial charge in [-0.2, -0.15) is 5.10 Å². The van der Waals surface area contributed by atoms with Crippen LogP contribution in [-0.2, 0) is 11.3 Å². The normalized spacial score (nSPS) is 14.6. The first kappa shape index (κ1) is 18.4. The number of rotatable bonds is 4. The summed E-state index contributed by atoms with van der Waals surface area (Å²) in [5.74, 6) is 1.44. The van der Waals surface area contributed by atoms with Crippen molar-refractivity contribution < 1.29 is 4.79 Å². The third kappa shape index (κ3) is 3.84. The average Bonchev–Trinajstić information content (AvgIpc) is 3.03. The van der Waals surface area contributed by atoms with Crippen molar-refractivity contribution >= 4 is 23.3 Å². The minimum absolute atomic E-state index is 0.0747. The maximum Gasteiger partial charge on any atom is 0.242 e. The SMILES string of the molecule is Cc1cc(C)n(-c2ccc(N3CCN(Cc4ccc(Cl)cc4)C(=O)C3)nn2)n1. The van der Waals surface area contributed by atoms with Gasteiger partial charge in [0.05, 0.1) is 12.2 Å². The monoisotopic (exact) mass is 396 g/mol. The Kier molecular flexibility index (Phi) is 5.00. The van der Waals surface area contributed by atoms with Crippen molar-refractivity contribution in [3.8, 4) is 5.82 Å². The molecule has 0 unspecified atom stereocenters. The lowest BCUT2D eigenvalue weighted by molar-refractivity contribution is -0.131. The van der Waals surface area contributed by atoms with E-state index < -0.39 is 0 Å². The van der Waals surface area contributed by atoms with Crippen LogP contribution in [0.1, 0.15) is 17.0 Å². The first-order valence-corrected chi connectivity index (χ1v) is 9.52. The zero-order chi connectivity index (χ0) is 19.7. The molecule has 1 aliphatic heterocycles. The van der Waals surface area contributed by atoms with Gasteiger partial charge in [-0.1, -0.05) is 23.7 Å². The van der Waals surface area contributed by atoms with E-state index in [0.29, 0.717) is 42.8 Å². The van der Waals surface area contributed by atoms with Crippen LogP contribution in [0.3, 0.4) is 0 Å². The highest BCUT2D eigenvalue weighted by atomic mass is 35.5. The molecule has 1 amide bonds. The highest BCUT2D eigenvalue weighted by Crippen LogP contribution is 2.18. The Hall–Kier alpha value is -2.93.